The molecule has 0 spiro atoms. The molecule has 0 unspecified atom stereocenters. The Hall–Kier alpha value is -7.42. The maximum Gasteiger partial charge on any atom is 0.137 e. The first kappa shape index (κ1) is 33.9. The molecule has 0 radical (unpaired) electrons. The molecular weight excluding hydrogens is 703 g/mol. The van der Waals surface area contributed by atoms with Crippen LogP contribution in [0, 0.1) is 0 Å². The van der Waals surface area contributed by atoms with Crippen LogP contribution in [0.3, 0.4) is 0 Å². The minimum Gasteiger partial charge on any atom is -0.456 e. The van der Waals surface area contributed by atoms with Crippen molar-refractivity contribution in [1.82, 2.24) is 0 Å². The SMILES string of the molecule is CC1(c2ccc3oc4cc(N(c5ccc(-c6ccccc6)cc5)c5ccc(-c6ccc(-c7ccccc7)cc6)cc5)ccc4c3c2)c2ccccc2-c2ccccc21. The summed E-state index contributed by atoms with van der Waals surface area (Å²) >= 11 is 0. The Labute approximate surface area is 338 Å². The first-order chi connectivity index (χ1) is 28.6. The van der Waals surface area contributed by atoms with Crippen molar-refractivity contribution in [3.05, 3.63) is 235 Å². The van der Waals surface area contributed by atoms with Gasteiger partial charge >= 0.3 is 0 Å². The number of benzene rings is 9. The standard InChI is InChI=1S/C56H39NO/c1-56(52-18-10-8-16-48(52)49-17-9-11-19-53(49)56)44-28-35-54-51(36-44)50-34-33-47(37-55(50)58-54)57(45-29-24-42(25-30-45)39-14-6-3-7-15-39)46-31-26-43(27-32-46)41-22-20-40(21-23-41)38-12-4-2-5-13-38/h2-37H,1H3. The van der Waals surface area contributed by atoms with Crippen LogP contribution in [0.2, 0.25) is 0 Å². The highest BCUT2D eigenvalue weighted by Gasteiger charge is 2.40. The van der Waals surface area contributed by atoms with Gasteiger partial charge in [-0.25, -0.2) is 0 Å². The van der Waals surface area contributed by atoms with E-state index in [9.17, 15) is 0 Å². The Bertz CT molecular complexity index is 3040. The van der Waals surface area contributed by atoms with E-state index >= 15 is 0 Å². The first-order valence-electron chi connectivity index (χ1n) is 20.0. The van der Waals surface area contributed by atoms with Crippen molar-refractivity contribution in [2.75, 3.05) is 4.90 Å². The predicted octanol–water partition coefficient (Wildman–Crippen LogP) is 15.4. The summed E-state index contributed by atoms with van der Waals surface area (Å²) in [5.74, 6) is 0. The molecule has 0 saturated carbocycles. The normalized spacial score (nSPS) is 12.7. The average molecular weight is 742 g/mol. The van der Waals surface area contributed by atoms with Gasteiger partial charge in [0.05, 0.1) is 0 Å². The molecule has 1 heterocycles. The van der Waals surface area contributed by atoms with E-state index in [1.165, 1.54) is 61.2 Å². The molecular formula is C56H39NO. The third kappa shape index (κ3) is 5.56. The lowest BCUT2D eigenvalue weighted by Gasteiger charge is -2.28. The highest BCUT2D eigenvalue weighted by molar-refractivity contribution is 6.06. The molecule has 1 aliphatic rings. The number of rotatable bonds is 7. The number of anilines is 3. The van der Waals surface area contributed by atoms with Crippen molar-refractivity contribution in [1.29, 1.82) is 0 Å². The van der Waals surface area contributed by atoms with Gasteiger partial charge in [0.2, 0.25) is 0 Å². The fourth-order valence-electron chi connectivity index (χ4n) is 9.15. The van der Waals surface area contributed by atoms with Gasteiger partial charge in [-0.1, -0.05) is 164 Å². The molecule has 58 heavy (non-hydrogen) atoms. The van der Waals surface area contributed by atoms with E-state index in [1.54, 1.807) is 0 Å². The van der Waals surface area contributed by atoms with Gasteiger partial charge < -0.3 is 9.32 Å². The van der Waals surface area contributed by atoms with E-state index < -0.39 is 0 Å². The molecule has 0 saturated heterocycles. The lowest BCUT2D eigenvalue weighted by atomic mass is 9.74. The van der Waals surface area contributed by atoms with E-state index in [0.717, 1.165) is 39.0 Å². The number of fused-ring (bicyclic) bond motifs is 6. The zero-order valence-corrected chi connectivity index (χ0v) is 32.1. The third-order valence-corrected chi connectivity index (χ3v) is 12.2. The zero-order valence-electron chi connectivity index (χ0n) is 32.1. The van der Waals surface area contributed by atoms with Crippen molar-refractivity contribution in [3.8, 4) is 44.5 Å². The maximum atomic E-state index is 6.67. The molecule has 0 fully saturated rings. The predicted molar refractivity (Wildman–Crippen MR) is 242 cm³/mol. The summed E-state index contributed by atoms with van der Waals surface area (Å²) in [5, 5.41) is 2.24. The van der Waals surface area contributed by atoms with Crippen LogP contribution in [-0.4, -0.2) is 0 Å². The van der Waals surface area contributed by atoms with Crippen LogP contribution in [0.1, 0.15) is 23.6 Å². The Morgan fingerprint density at radius 3 is 1.29 bits per heavy atom. The molecule has 274 valence electrons. The quantitative estimate of drug-likeness (QED) is 0.162. The summed E-state index contributed by atoms with van der Waals surface area (Å²) in [6.45, 7) is 2.37. The molecule has 1 aliphatic carbocycles. The van der Waals surface area contributed by atoms with Gasteiger partial charge in [0, 0.05) is 39.3 Å². The minimum absolute atomic E-state index is 0.274. The van der Waals surface area contributed by atoms with Crippen LogP contribution in [0.5, 0.6) is 0 Å². The molecule has 11 rings (SSSR count). The fraction of sp³-hybridized carbons (Fsp3) is 0.0357. The van der Waals surface area contributed by atoms with Crippen molar-refractivity contribution in [2.24, 2.45) is 0 Å². The summed E-state index contributed by atoms with van der Waals surface area (Å²) < 4.78 is 6.67. The highest BCUT2D eigenvalue weighted by Crippen LogP contribution is 2.53. The van der Waals surface area contributed by atoms with Crippen molar-refractivity contribution >= 4 is 39.0 Å². The van der Waals surface area contributed by atoms with E-state index in [2.05, 4.69) is 230 Å². The van der Waals surface area contributed by atoms with Crippen molar-refractivity contribution < 1.29 is 4.42 Å². The molecule has 0 bridgehead atoms. The van der Waals surface area contributed by atoms with Gasteiger partial charge in [-0.15, -0.1) is 0 Å². The van der Waals surface area contributed by atoms with E-state index in [0.29, 0.717) is 0 Å². The fourth-order valence-corrected chi connectivity index (χ4v) is 9.15. The Morgan fingerprint density at radius 1 is 0.345 bits per heavy atom. The van der Waals surface area contributed by atoms with Crippen LogP contribution < -0.4 is 4.90 Å². The van der Waals surface area contributed by atoms with Gasteiger partial charge in [0.25, 0.3) is 0 Å². The Kier molecular flexibility index (Phi) is 7.97. The zero-order chi connectivity index (χ0) is 38.6. The second-order valence-corrected chi connectivity index (χ2v) is 15.4. The van der Waals surface area contributed by atoms with E-state index in [-0.39, 0.29) is 5.41 Å². The molecule has 9 aromatic carbocycles. The molecule has 2 nitrogen and oxygen atoms in total. The minimum atomic E-state index is -0.274. The number of furan rings is 1. The highest BCUT2D eigenvalue weighted by atomic mass is 16.3. The van der Waals surface area contributed by atoms with E-state index in [4.69, 9.17) is 4.42 Å². The number of hydrogen-bond acceptors (Lipinski definition) is 2. The van der Waals surface area contributed by atoms with Crippen molar-refractivity contribution in [3.63, 3.8) is 0 Å². The smallest absolute Gasteiger partial charge is 0.137 e. The molecule has 10 aromatic rings. The summed E-state index contributed by atoms with van der Waals surface area (Å²) in [7, 11) is 0. The molecule has 0 atom stereocenters. The number of nitrogens with zero attached hydrogens (tertiary/aromatic N) is 1. The second-order valence-electron chi connectivity index (χ2n) is 15.4. The van der Waals surface area contributed by atoms with Gasteiger partial charge in [-0.05, 0) is 117 Å². The van der Waals surface area contributed by atoms with Crippen LogP contribution in [0.25, 0.3) is 66.4 Å². The summed E-state index contributed by atoms with van der Waals surface area (Å²) in [6.07, 6.45) is 0. The van der Waals surface area contributed by atoms with Gasteiger partial charge in [-0.2, -0.15) is 0 Å². The van der Waals surface area contributed by atoms with Gasteiger partial charge in [0.1, 0.15) is 11.2 Å². The van der Waals surface area contributed by atoms with Gasteiger partial charge in [-0.3, -0.25) is 0 Å². The van der Waals surface area contributed by atoms with Gasteiger partial charge in [0.15, 0.2) is 0 Å². The molecule has 2 heteroatoms. The second kappa shape index (κ2) is 13.7. The maximum absolute atomic E-state index is 6.67. The lowest BCUT2D eigenvalue weighted by molar-refractivity contribution is 0.667. The largest absolute Gasteiger partial charge is 0.456 e. The van der Waals surface area contributed by atoms with Crippen LogP contribution >= 0.6 is 0 Å². The molecule has 1 aromatic heterocycles. The number of hydrogen-bond donors (Lipinski definition) is 0. The first-order valence-corrected chi connectivity index (χ1v) is 20.0. The molecule has 0 N–H and O–H groups in total. The summed E-state index contributed by atoms with van der Waals surface area (Å²) in [5.41, 5.74) is 18.4. The monoisotopic (exact) mass is 741 g/mol. The third-order valence-electron chi connectivity index (χ3n) is 12.2. The van der Waals surface area contributed by atoms with Crippen LogP contribution in [0.4, 0.5) is 17.1 Å². The topological polar surface area (TPSA) is 16.4 Å². The average Bonchev–Trinajstić information content (AvgIpc) is 3.80. The lowest BCUT2D eigenvalue weighted by Crippen LogP contribution is -2.22. The molecule has 0 amide bonds. The summed E-state index contributed by atoms with van der Waals surface area (Å²) in [4.78, 5) is 2.32. The summed E-state index contributed by atoms with van der Waals surface area (Å²) in [6, 6.07) is 78.7. The van der Waals surface area contributed by atoms with Crippen LogP contribution in [0.15, 0.2) is 223 Å². The van der Waals surface area contributed by atoms with E-state index in [1.807, 2.05) is 0 Å². The van der Waals surface area contributed by atoms with Crippen LogP contribution in [-0.2, 0) is 5.41 Å². The molecule has 0 aliphatic heterocycles. The Balaban J connectivity index is 0.985. The van der Waals surface area contributed by atoms with Crippen molar-refractivity contribution in [2.45, 2.75) is 12.3 Å². The Morgan fingerprint density at radius 2 is 0.776 bits per heavy atom.